The molecule has 0 saturated carbocycles. The molecule has 0 spiro atoms. The normalized spacial score (nSPS) is 50.6. The van der Waals surface area contributed by atoms with E-state index in [-0.39, 0.29) is 5.82 Å². The molecule has 3 N–H and O–H groups in total. The van der Waals surface area contributed by atoms with Crippen molar-refractivity contribution in [3.63, 3.8) is 0 Å². The third kappa shape index (κ3) is 2.17. The van der Waals surface area contributed by atoms with E-state index in [9.17, 15) is 15.3 Å². The van der Waals surface area contributed by atoms with E-state index in [0.29, 0.717) is 0 Å². The van der Waals surface area contributed by atoms with Gasteiger partial charge in [-0.25, -0.2) is 0 Å². The third-order valence-electron chi connectivity index (χ3n) is 3.40. The molecule has 3 unspecified atom stereocenters. The molecule has 0 aromatic rings. The highest BCUT2D eigenvalue weighted by Crippen LogP contribution is 2.51. The fraction of sp³-hybridized carbons (Fsp3) is 1.00. The van der Waals surface area contributed by atoms with Gasteiger partial charge in [-0.05, 0) is 5.82 Å². The first kappa shape index (κ1) is 16.0. The van der Waals surface area contributed by atoms with Gasteiger partial charge in [-0.15, -0.1) is 25.3 Å². The van der Waals surface area contributed by atoms with Crippen LogP contribution in [0.1, 0.15) is 13.8 Å². The van der Waals surface area contributed by atoms with E-state index in [2.05, 4.69) is 25.3 Å². The van der Waals surface area contributed by atoms with E-state index >= 15 is 0 Å². The summed E-state index contributed by atoms with van der Waals surface area (Å²) in [7, 11) is 5.11. The summed E-state index contributed by atoms with van der Waals surface area (Å²) in [5.41, 5.74) is -2.04. The number of rotatable bonds is 2. The number of fused-ring (bicyclic) bond motifs is 1. The molecule has 106 valence electrons. The molecule has 6 nitrogen and oxygen atoms in total. The Morgan fingerprint density at radius 1 is 1.32 bits per heavy atom. The summed E-state index contributed by atoms with van der Waals surface area (Å²) in [6.45, 7) is 2.93. The van der Waals surface area contributed by atoms with Gasteiger partial charge in [0.2, 0.25) is 0 Å². The average Bonchev–Trinajstić information content (AvgIpc) is 2.71. The molecule has 0 aromatic heterocycles. The monoisotopic (exact) mass is 306 g/mol. The molecule has 2 radical (unpaired) electrons. The van der Waals surface area contributed by atoms with Gasteiger partial charge in [-0.1, -0.05) is 13.8 Å². The van der Waals surface area contributed by atoms with Crippen molar-refractivity contribution in [2.75, 3.05) is 6.61 Å². The smallest absolute Gasteiger partial charge is 0.399 e. The lowest BCUT2D eigenvalue weighted by Crippen LogP contribution is -2.75. The van der Waals surface area contributed by atoms with E-state index in [4.69, 9.17) is 21.9 Å². The van der Waals surface area contributed by atoms with Gasteiger partial charge in [0.1, 0.15) is 14.0 Å². The van der Waals surface area contributed by atoms with Gasteiger partial charge in [0.25, 0.3) is 0 Å². The topological polar surface area (TPSA) is 88.4 Å². The van der Waals surface area contributed by atoms with Gasteiger partial charge < -0.3 is 29.4 Å². The van der Waals surface area contributed by atoms with Crippen molar-refractivity contribution in [1.29, 1.82) is 0 Å². The Hall–Kier alpha value is 0.590. The molecular formula is C9H16B2O6S2. The van der Waals surface area contributed by atoms with Crippen LogP contribution in [0.3, 0.4) is 0 Å². The second kappa shape index (κ2) is 4.81. The van der Waals surface area contributed by atoms with Gasteiger partial charge >= 0.3 is 7.12 Å². The highest BCUT2D eigenvalue weighted by molar-refractivity contribution is 7.86. The zero-order chi connectivity index (χ0) is 14.6. The van der Waals surface area contributed by atoms with Crippen molar-refractivity contribution < 1.29 is 29.4 Å². The van der Waals surface area contributed by atoms with Crippen LogP contribution in [0.15, 0.2) is 0 Å². The fourth-order valence-electron chi connectivity index (χ4n) is 2.08. The van der Waals surface area contributed by atoms with Gasteiger partial charge in [0, 0.05) is 0 Å². The predicted molar refractivity (Wildman–Crippen MR) is 75.1 cm³/mol. The maximum atomic E-state index is 10.4. The number of ether oxygens (including phenoxy) is 1. The maximum Gasteiger partial charge on any atom is 0.462 e. The lowest BCUT2D eigenvalue weighted by molar-refractivity contribution is -0.288. The number of aliphatic hydroxyl groups is 3. The Balaban J connectivity index is 2.36. The molecule has 19 heavy (non-hydrogen) atoms. The summed E-state index contributed by atoms with van der Waals surface area (Å²) < 4.78 is 16.3. The van der Waals surface area contributed by atoms with E-state index in [1.54, 1.807) is 0 Å². The average molecular weight is 306 g/mol. The first-order valence-corrected chi connectivity index (χ1v) is 6.74. The van der Waals surface area contributed by atoms with Crippen LogP contribution in [0.4, 0.5) is 0 Å². The van der Waals surface area contributed by atoms with Crippen LogP contribution in [0.5, 0.6) is 0 Å². The Morgan fingerprint density at radius 2 is 1.89 bits per heavy atom. The van der Waals surface area contributed by atoms with Gasteiger partial charge in [-0.2, -0.15) is 0 Å². The Kier molecular flexibility index (Phi) is 4.04. The zero-order valence-electron chi connectivity index (χ0n) is 10.6. The molecule has 10 heteroatoms. The van der Waals surface area contributed by atoms with Crippen molar-refractivity contribution in [3.05, 3.63) is 0 Å². The molecule has 2 saturated heterocycles. The highest BCUT2D eigenvalue weighted by atomic mass is 32.1. The van der Waals surface area contributed by atoms with Crippen molar-refractivity contribution in [2.45, 2.75) is 47.4 Å². The van der Waals surface area contributed by atoms with E-state index in [1.165, 1.54) is 0 Å². The summed E-state index contributed by atoms with van der Waals surface area (Å²) in [6, 6.07) is 0. The minimum Gasteiger partial charge on any atom is -0.399 e. The summed E-state index contributed by atoms with van der Waals surface area (Å²) in [5.74, 6) is -0.00681. The summed E-state index contributed by atoms with van der Waals surface area (Å²) >= 11 is 7.91. The van der Waals surface area contributed by atoms with E-state index < -0.39 is 41.5 Å². The molecule has 0 bridgehead atoms. The van der Waals surface area contributed by atoms with Gasteiger partial charge in [-0.3, -0.25) is 0 Å². The molecule has 0 aromatic carbocycles. The molecule has 5 atom stereocenters. The second-order valence-electron chi connectivity index (χ2n) is 5.24. The minimum atomic E-state index is -2.34. The highest BCUT2D eigenvalue weighted by Gasteiger charge is 2.70. The fourth-order valence-corrected chi connectivity index (χ4v) is 2.70. The standard InChI is InChI=1S/C9H16B2O6S2/c1-4(2)11-16-5-6(17-11)15-7(10,3-12)9(14,19)8(5,13)18/h4-6,12-14,18-19H,3H2,1-2H3/t5?,6?,7-,8?,9+/m1/s1. The first-order chi connectivity index (χ1) is 8.57. The molecule has 0 amide bonds. The minimum absolute atomic E-state index is 0.00681. The van der Waals surface area contributed by atoms with Crippen molar-refractivity contribution in [3.8, 4) is 0 Å². The first-order valence-electron chi connectivity index (χ1n) is 5.85. The Labute approximate surface area is 124 Å². The molecule has 2 aliphatic rings. The van der Waals surface area contributed by atoms with Crippen LogP contribution in [0.25, 0.3) is 0 Å². The zero-order valence-corrected chi connectivity index (χ0v) is 12.3. The molecule has 2 rings (SSSR count). The molecular weight excluding hydrogens is 290 g/mol. The van der Waals surface area contributed by atoms with Crippen LogP contribution in [0, 0.1) is 0 Å². The lowest BCUT2D eigenvalue weighted by Gasteiger charge is -2.55. The molecule has 2 fully saturated rings. The van der Waals surface area contributed by atoms with Crippen LogP contribution in [0.2, 0.25) is 5.82 Å². The number of thiol groups is 2. The van der Waals surface area contributed by atoms with Gasteiger partial charge in [0.05, 0.1) is 12.1 Å². The number of aliphatic hydroxyl groups excluding tert-OH is 1. The lowest BCUT2D eigenvalue weighted by atomic mass is 9.71. The van der Waals surface area contributed by atoms with Crippen molar-refractivity contribution >= 4 is 40.2 Å². The molecule has 2 aliphatic heterocycles. The van der Waals surface area contributed by atoms with Gasteiger partial charge in [0.15, 0.2) is 16.2 Å². The van der Waals surface area contributed by atoms with Crippen molar-refractivity contribution in [2.24, 2.45) is 0 Å². The van der Waals surface area contributed by atoms with Crippen molar-refractivity contribution in [1.82, 2.24) is 0 Å². The largest absolute Gasteiger partial charge is 0.462 e. The van der Waals surface area contributed by atoms with Crippen LogP contribution in [-0.2, 0) is 14.0 Å². The summed E-state index contributed by atoms with van der Waals surface area (Å²) in [4.78, 5) is -4.51. The van der Waals surface area contributed by atoms with Crippen LogP contribution >= 0.6 is 25.3 Å². The van der Waals surface area contributed by atoms with E-state index in [0.717, 1.165) is 0 Å². The maximum absolute atomic E-state index is 10.4. The predicted octanol–water partition coefficient (Wildman–Crippen LogP) is -1.25. The Morgan fingerprint density at radius 3 is 2.37 bits per heavy atom. The van der Waals surface area contributed by atoms with Crippen LogP contribution < -0.4 is 0 Å². The second-order valence-corrected chi connectivity index (χ2v) is 6.57. The number of hydrogen-bond acceptors (Lipinski definition) is 8. The molecule has 2 heterocycles. The summed E-state index contributed by atoms with van der Waals surface area (Å²) in [6.07, 6.45) is -2.14. The summed E-state index contributed by atoms with van der Waals surface area (Å²) in [5, 5.41) is 30.0. The SMILES string of the molecule is [B][C@]1(CO)OC2OB(C(C)C)OC2C(O)(S)[C@@]1(O)S. The van der Waals surface area contributed by atoms with E-state index in [1.807, 2.05) is 13.8 Å². The van der Waals surface area contributed by atoms with Crippen LogP contribution in [-0.4, -0.2) is 64.7 Å². The molecule has 0 aliphatic carbocycles. The number of hydrogen-bond donors (Lipinski definition) is 5. The quantitative estimate of drug-likeness (QED) is 0.249. The Bertz CT molecular complexity index is 369. The third-order valence-corrected chi connectivity index (χ3v) is 4.88.